The number of hydrogen-bond donors (Lipinski definition) is 1. The molecule has 1 amide bonds. The quantitative estimate of drug-likeness (QED) is 0.575. The Morgan fingerprint density at radius 1 is 1.03 bits per heavy atom. The van der Waals surface area contributed by atoms with Gasteiger partial charge in [0, 0.05) is 42.5 Å². The van der Waals surface area contributed by atoms with E-state index in [1.165, 1.54) is 12.1 Å². The van der Waals surface area contributed by atoms with Gasteiger partial charge in [0.25, 0.3) is 0 Å². The number of hydrogen-bond acceptors (Lipinski definition) is 6. The van der Waals surface area contributed by atoms with Crippen LogP contribution in [0.1, 0.15) is 38.8 Å². The van der Waals surface area contributed by atoms with Crippen LogP contribution in [-0.4, -0.2) is 57.8 Å². The highest BCUT2D eigenvalue weighted by Gasteiger charge is 2.43. The molecule has 0 unspecified atom stereocenters. The van der Waals surface area contributed by atoms with Crippen LogP contribution in [0.5, 0.6) is 0 Å². The number of halogens is 1. The fraction of sp³-hybridized carbons (Fsp3) is 0.407. The zero-order valence-corrected chi connectivity index (χ0v) is 20.4. The van der Waals surface area contributed by atoms with Crippen molar-refractivity contribution in [1.29, 1.82) is 0 Å². The maximum absolute atomic E-state index is 13.5. The molecule has 1 N–H and O–H groups in total. The van der Waals surface area contributed by atoms with Crippen LogP contribution >= 0.6 is 0 Å². The third-order valence-corrected chi connectivity index (χ3v) is 7.01. The lowest BCUT2D eigenvalue weighted by Gasteiger charge is -2.40. The summed E-state index contributed by atoms with van der Waals surface area (Å²) in [6.07, 6.45) is 3.99. The highest BCUT2D eigenvalue weighted by atomic mass is 19.1. The van der Waals surface area contributed by atoms with E-state index in [1.54, 1.807) is 31.5 Å². The zero-order chi connectivity index (χ0) is 25.3. The Hall–Kier alpha value is -3.43. The topological polar surface area (TPSA) is 97.4 Å². The average Bonchev–Trinajstić information content (AvgIpc) is 3.35. The Morgan fingerprint density at radius 2 is 1.67 bits per heavy atom. The van der Waals surface area contributed by atoms with Crippen molar-refractivity contribution in [3.8, 4) is 22.5 Å². The number of ether oxygens (including phenoxy) is 2. The van der Waals surface area contributed by atoms with Gasteiger partial charge in [0.15, 0.2) is 5.82 Å². The Morgan fingerprint density at radius 3 is 2.28 bits per heavy atom. The van der Waals surface area contributed by atoms with E-state index in [-0.39, 0.29) is 36.6 Å². The molecule has 36 heavy (non-hydrogen) atoms. The van der Waals surface area contributed by atoms with Crippen molar-refractivity contribution in [2.45, 2.75) is 33.0 Å². The fourth-order valence-corrected chi connectivity index (χ4v) is 4.81. The number of amides is 1. The van der Waals surface area contributed by atoms with Gasteiger partial charge in [0.2, 0.25) is 12.2 Å². The molecule has 188 valence electrons. The molecular weight excluding hydrogens is 463 g/mol. The summed E-state index contributed by atoms with van der Waals surface area (Å²) in [5.74, 6) is 0.345. The summed E-state index contributed by atoms with van der Waals surface area (Å²) in [7, 11) is 0. The summed E-state index contributed by atoms with van der Waals surface area (Å²) in [5, 5.41) is 0. The second kappa shape index (κ2) is 9.91. The molecule has 0 saturated carbocycles. The van der Waals surface area contributed by atoms with E-state index >= 15 is 0 Å². The minimum atomic E-state index is -0.820. The number of carbonyl (C=O) groups excluding carboxylic acids is 2. The highest BCUT2D eigenvalue weighted by Crippen LogP contribution is 2.37. The molecule has 9 heteroatoms. The lowest BCUT2D eigenvalue weighted by Crippen LogP contribution is -2.52. The van der Waals surface area contributed by atoms with Gasteiger partial charge in [-0.3, -0.25) is 14.6 Å². The first-order valence-electron chi connectivity index (χ1n) is 12.1. The summed E-state index contributed by atoms with van der Waals surface area (Å²) in [5.41, 5.74) is 2.17. The Bertz CT molecular complexity index is 1230. The maximum atomic E-state index is 13.5. The van der Waals surface area contributed by atoms with Crippen molar-refractivity contribution >= 4 is 11.7 Å². The van der Waals surface area contributed by atoms with E-state index in [0.29, 0.717) is 37.4 Å². The molecule has 4 heterocycles. The van der Waals surface area contributed by atoms with Gasteiger partial charge in [-0.15, -0.1) is 0 Å². The number of ketones is 1. The van der Waals surface area contributed by atoms with Gasteiger partial charge in [-0.05, 0) is 63.1 Å². The van der Waals surface area contributed by atoms with E-state index in [1.807, 2.05) is 24.0 Å². The number of nitrogens with zero attached hydrogens (tertiary/aromatic N) is 3. The monoisotopic (exact) mass is 492 g/mol. The number of benzene rings is 1. The molecule has 3 aromatic rings. The van der Waals surface area contributed by atoms with E-state index in [0.717, 1.165) is 16.8 Å². The van der Waals surface area contributed by atoms with Crippen molar-refractivity contribution in [1.82, 2.24) is 19.9 Å². The number of nitrogens with one attached hydrogen (secondary N) is 1. The van der Waals surface area contributed by atoms with Crippen LogP contribution in [0.3, 0.4) is 0 Å². The number of piperidine rings is 1. The van der Waals surface area contributed by atoms with Crippen LogP contribution in [0.15, 0.2) is 48.8 Å². The number of rotatable bonds is 5. The third kappa shape index (κ3) is 4.81. The Labute approximate surface area is 208 Å². The summed E-state index contributed by atoms with van der Waals surface area (Å²) in [4.78, 5) is 38.9. The maximum Gasteiger partial charge on any atom is 0.233 e. The van der Waals surface area contributed by atoms with Gasteiger partial charge in [-0.2, -0.15) is 0 Å². The highest BCUT2D eigenvalue weighted by molar-refractivity contribution is 5.84. The molecule has 0 aliphatic carbocycles. The van der Waals surface area contributed by atoms with Crippen molar-refractivity contribution in [3.05, 3.63) is 60.4 Å². The molecule has 0 atom stereocenters. The minimum Gasteiger partial charge on any atom is -0.345 e. The molecule has 5 rings (SSSR count). The zero-order valence-electron chi connectivity index (χ0n) is 20.4. The minimum absolute atomic E-state index is 0.0214. The Kier molecular flexibility index (Phi) is 6.68. The number of imidazole rings is 1. The van der Waals surface area contributed by atoms with Crippen LogP contribution in [0.4, 0.5) is 4.39 Å². The van der Waals surface area contributed by atoms with Crippen LogP contribution in [0.25, 0.3) is 22.5 Å². The van der Waals surface area contributed by atoms with Crippen molar-refractivity contribution < 1.29 is 23.5 Å². The van der Waals surface area contributed by atoms with Gasteiger partial charge in [-0.25, -0.2) is 9.37 Å². The van der Waals surface area contributed by atoms with Gasteiger partial charge >= 0.3 is 0 Å². The predicted molar refractivity (Wildman–Crippen MR) is 130 cm³/mol. The first kappa shape index (κ1) is 24.3. The molecule has 0 bridgehead atoms. The van der Waals surface area contributed by atoms with Crippen molar-refractivity contribution in [3.63, 3.8) is 0 Å². The van der Waals surface area contributed by atoms with E-state index in [2.05, 4.69) is 9.97 Å². The number of aromatic amines is 1. The molecule has 2 saturated heterocycles. The van der Waals surface area contributed by atoms with E-state index < -0.39 is 11.7 Å². The first-order valence-corrected chi connectivity index (χ1v) is 12.1. The molecule has 0 spiro atoms. The fourth-order valence-electron chi connectivity index (χ4n) is 4.81. The number of Topliss-reactive ketones (excluding diaryl/α,β-unsaturated/α-hetero) is 1. The molecular formula is C27H29FN4O4. The number of H-pyrrole nitrogens is 1. The molecule has 2 aliphatic heterocycles. The molecule has 2 aromatic heterocycles. The number of carbonyl (C=O) groups is 2. The molecule has 2 aliphatic rings. The van der Waals surface area contributed by atoms with Crippen molar-refractivity contribution in [2.24, 2.45) is 11.3 Å². The van der Waals surface area contributed by atoms with Gasteiger partial charge in [-0.1, -0.05) is 0 Å². The summed E-state index contributed by atoms with van der Waals surface area (Å²) < 4.78 is 25.6. The van der Waals surface area contributed by atoms with Crippen LogP contribution in [0.2, 0.25) is 0 Å². The molecule has 0 radical (unpaired) electrons. The number of likely N-dealkylation sites (tertiary alicyclic amines) is 1. The SMILES string of the molecule is CC(=O)C1CCN(C(=O)C2(C)COC(c3nc(-c4ccc(F)cc4)c(-c4ccncc4)[nH]3)OC2)CC1. The van der Waals surface area contributed by atoms with Gasteiger partial charge in [0.05, 0.1) is 30.0 Å². The molecule has 2 fully saturated rings. The third-order valence-electron chi connectivity index (χ3n) is 7.01. The number of pyridine rings is 1. The normalized spacial score (nSPS) is 23.0. The molecule has 8 nitrogen and oxygen atoms in total. The lowest BCUT2D eigenvalue weighted by molar-refractivity contribution is -0.234. The summed E-state index contributed by atoms with van der Waals surface area (Å²) in [6.45, 7) is 4.95. The average molecular weight is 493 g/mol. The summed E-state index contributed by atoms with van der Waals surface area (Å²) in [6, 6.07) is 9.85. The van der Waals surface area contributed by atoms with Crippen LogP contribution < -0.4 is 0 Å². The van der Waals surface area contributed by atoms with E-state index in [9.17, 15) is 14.0 Å². The largest absolute Gasteiger partial charge is 0.345 e. The smallest absolute Gasteiger partial charge is 0.233 e. The number of aromatic nitrogens is 3. The second-order valence-electron chi connectivity index (χ2n) is 9.78. The Balaban J connectivity index is 1.33. The second-order valence-corrected chi connectivity index (χ2v) is 9.78. The predicted octanol–water partition coefficient (Wildman–Crippen LogP) is 4.16. The van der Waals surface area contributed by atoms with Gasteiger partial charge < -0.3 is 19.4 Å². The first-order chi connectivity index (χ1) is 17.3. The van der Waals surface area contributed by atoms with Crippen LogP contribution in [0, 0.1) is 17.2 Å². The van der Waals surface area contributed by atoms with Crippen molar-refractivity contribution in [2.75, 3.05) is 26.3 Å². The lowest BCUT2D eigenvalue weighted by atomic mass is 9.87. The van der Waals surface area contributed by atoms with Crippen LogP contribution in [-0.2, 0) is 19.1 Å². The van der Waals surface area contributed by atoms with Gasteiger partial charge in [0.1, 0.15) is 11.6 Å². The molecule has 1 aromatic carbocycles. The standard InChI is InChI=1S/C27H29FN4O4/c1-17(33)18-9-13-32(14-10-18)26(34)27(2)15-35-25(36-16-27)24-30-22(19-3-5-21(28)6-4-19)23(31-24)20-7-11-29-12-8-20/h3-8,11-12,18,25H,9-10,13-16H2,1-2H3,(H,30,31). The van der Waals surface area contributed by atoms with E-state index in [4.69, 9.17) is 14.5 Å². The summed E-state index contributed by atoms with van der Waals surface area (Å²) >= 11 is 0.